The van der Waals surface area contributed by atoms with Crippen molar-refractivity contribution in [2.75, 3.05) is 13.1 Å². The van der Waals surface area contributed by atoms with Crippen LogP contribution < -0.4 is 11.5 Å². The van der Waals surface area contributed by atoms with E-state index in [1.807, 2.05) is 20.8 Å². The van der Waals surface area contributed by atoms with Crippen LogP contribution in [-0.4, -0.2) is 85.1 Å². The first-order chi connectivity index (χ1) is 27.5. The van der Waals surface area contributed by atoms with Crippen LogP contribution in [0.15, 0.2) is 0 Å². The van der Waals surface area contributed by atoms with E-state index in [-0.39, 0.29) is 86.9 Å². The van der Waals surface area contributed by atoms with Crippen molar-refractivity contribution in [2.45, 2.75) is 196 Å². The summed E-state index contributed by atoms with van der Waals surface area (Å²) < 4.78 is 29.9. The number of hydrogen-bond acceptors (Lipinski definition) is 17. The first-order valence-electron chi connectivity index (χ1n) is 20.7. The van der Waals surface area contributed by atoms with Crippen LogP contribution in [0.1, 0.15) is 177 Å². The van der Waals surface area contributed by atoms with E-state index in [0.717, 1.165) is 32.1 Å². The largest absolute Gasteiger partial charge is 0.425 e. The third kappa shape index (κ3) is 38.6. The van der Waals surface area contributed by atoms with Crippen LogP contribution in [0.5, 0.6) is 0 Å². The van der Waals surface area contributed by atoms with Gasteiger partial charge in [-0.15, -0.1) is 0 Å². The van der Waals surface area contributed by atoms with Gasteiger partial charge in [0.25, 0.3) is 0 Å². The lowest BCUT2D eigenvalue weighted by molar-refractivity contribution is -0.190. The molecule has 0 spiro atoms. The van der Waals surface area contributed by atoms with E-state index in [0.29, 0.717) is 51.4 Å². The zero-order valence-electron chi connectivity index (χ0n) is 36.1. The van der Waals surface area contributed by atoms with Gasteiger partial charge in [-0.2, -0.15) is 0 Å². The summed E-state index contributed by atoms with van der Waals surface area (Å²) in [6, 6.07) is 0. The minimum Gasteiger partial charge on any atom is -0.425 e. The van der Waals surface area contributed by atoms with Crippen molar-refractivity contribution >= 4 is 53.2 Å². The Kier molecular flexibility index (Phi) is 39.6. The SMILES string of the molecule is CCCC(=O)OC(CC)OC(=O)CCC(=O)CC.CCCC(=O)OC(CCC)OC(=O)CCC(=O)CN.CCCCCCCC(=O)OC(C)OC(=O)CCC(=O)CN. The monoisotopic (exact) mass is 832 g/mol. The smallest absolute Gasteiger partial charge is 0.309 e. The summed E-state index contributed by atoms with van der Waals surface area (Å²) in [5.74, 6) is -3.14. The number of nitrogens with two attached hydrogens (primary N) is 2. The molecular formula is C41H72N2O15. The lowest BCUT2D eigenvalue weighted by atomic mass is 10.1. The van der Waals surface area contributed by atoms with E-state index in [1.54, 1.807) is 13.8 Å². The highest BCUT2D eigenvalue weighted by Gasteiger charge is 2.19. The molecule has 3 unspecified atom stereocenters. The molecule has 0 fully saturated rings. The number of carbonyl (C=O) groups excluding carboxylic acids is 9. The number of ketones is 3. The molecule has 0 radical (unpaired) electrons. The molecule has 0 aliphatic heterocycles. The van der Waals surface area contributed by atoms with Crippen LogP contribution >= 0.6 is 0 Å². The highest BCUT2D eigenvalue weighted by atomic mass is 16.7. The Balaban J connectivity index is -0.000000785. The molecule has 0 saturated carbocycles. The van der Waals surface area contributed by atoms with Crippen molar-refractivity contribution in [1.82, 2.24) is 0 Å². The quantitative estimate of drug-likeness (QED) is 0.0364. The van der Waals surface area contributed by atoms with Crippen LogP contribution in [0.2, 0.25) is 0 Å². The fourth-order valence-corrected chi connectivity index (χ4v) is 4.29. The van der Waals surface area contributed by atoms with Crippen molar-refractivity contribution < 1.29 is 71.6 Å². The maximum atomic E-state index is 11.5. The van der Waals surface area contributed by atoms with Gasteiger partial charge < -0.3 is 39.9 Å². The molecule has 17 heteroatoms. The minimum absolute atomic E-state index is 0.0166. The van der Waals surface area contributed by atoms with Crippen molar-refractivity contribution in [3.63, 3.8) is 0 Å². The Bertz CT molecular complexity index is 1210. The molecule has 3 atom stereocenters. The maximum absolute atomic E-state index is 11.5. The van der Waals surface area contributed by atoms with E-state index in [2.05, 4.69) is 6.92 Å². The number of hydrogen-bond donors (Lipinski definition) is 2. The predicted molar refractivity (Wildman–Crippen MR) is 213 cm³/mol. The minimum atomic E-state index is -0.923. The lowest BCUT2D eigenvalue weighted by Crippen LogP contribution is -2.25. The third-order valence-electron chi connectivity index (χ3n) is 7.57. The fraction of sp³-hybridized carbons (Fsp3) is 0.780. The zero-order valence-corrected chi connectivity index (χ0v) is 36.1. The standard InChI is InChI=1S/C15H27NO5.C13H23NO5.C13H22O5/c1-3-4-5-6-7-8-14(18)20-12(2)21-15(19)10-9-13(17)11-16;1-3-5-11(16)18-13(6-4-2)19-12(17)8-7-10(15)9-14;1-4-7-11(15)17-13(6-3)18-12(16)9-8-10(14)5-2/h12H,3-11,16H2,1-2H3;13H,3-9,14H2,1-2H3;13H,4-9H2,1-3H3. The molecule has 336 valence electrons. The number of ether oxygens (including phenoxy) is 6. The topological polar surface area (TPSA) is 261 Å². The van der Waals surface area contributed by atoms with E-state index in [1.165, 1.54) is 13.3 Å². The molecule has 4 N–H and O–H groups in total. The molecule has 0 amide bonds. The van der Waals surface area contributed by atoms with Gasteiger partial charge in [0.1, 0.15) is 17.3 Å². The second kappa shape index (κ2) is 39.6. The second-order valence-electron chi connectivity index (χ2n) is 13.1. The first-order valence-corrected chi connectivity index (χ1v) is 20.7. The Morgan fingerprint density at radius 3 is 1.16 bits per heavy atom. The highest BCUT2D eigenvalue weighted by Crippen LogP contribution is 2.11. The van der Waals surface area contributed by atoms with Gasteiger partial charge in [0.15, 0.2) is 0 Å². The van der Waals surface area contributed by atoms with Gasteiger partial charge >= 0.3 is 35.8 Å². The summed E-state index contributed by atoms with van der Waals surface area (Å²) in [5, 5.41) is 0. The van der Waals surface area contributed by atoms with E-state index in [9.17, 15) is 43.2 Å². The number of rotatable bonds is 31. The average Bonchev–Trinajstić information content (AvgIpc) is 3.18. The van der Waals surface area contributed by atoms with Gasteiger partial charge in [0, 0.05) is 64.7 Å². The summed E-state index contributed by atoms with van der Waals surface area (Å²) in [6.07, 6.45) is 7.12. The van der Waals surface area contributed by atoms with Crippen molar-refractivity contribution in [2.24, 2.45) is 11.5 Å². The molecule has 0 bridgehead atoms. The molecular weight excluding hydrogens is 760 g/mol. The Morgan fingerprint density at radius 1 is 0.397 bits per heavy atom. The summed E-state index contributed by atoms with van der Waals surface area (Å²) in [4.78, 5) is 101. The van der Waals surface area contributed by atoms with Crippen LogP contribution in [0, 0.1) is 0 Å². The van der Waals surface area contributed by atoms with Gasteiger partial charge in [-0.05, 0) is 25.7 Å². The predicted octanol–water partition coefficient (Wildman–Crippen LogP) is 5.76. The third-order valence-corrected chi connectivity index (χ3v) is 7.57. The van der Waals surface area contributed by atoms with Gasteiger partial charge in [-0.25, -0.2) is 0 Å². The van der Waals surface area contributed by atoms with Crippen molar-refractivity contribution in [3.8, 4) is 0 Å². The molecule has 0 heterocycles. The number of carbonyl (C=O) groups is 9. The zero-order chi connectivity index (χ0) is 44.7. The van der Waals surface area contributed by atoms with E-state index >= 15 is 0 Å². The van der Waals surface area contributed by atoms with Gasteiger partial charge in [0.05, 0.1) is 32.4 Å². The molecule has 0 aliphatic carbocycles. The molecule has 17 nitrogen and oxygen atoms in total. The van der Waals surface area contributed by atoms with Gasteiger partial charge in [-0.1, -0.05) is 67.2 Å². The van der Waals surface area contributed by atoms with Gasteiger partial charge in [0.2, 0.25) is 18.9 Å². The van der Waals surface area contributed by atoms with Gasteiger partial charge in [-0.3, -0.25) is 43.2 Å². The summed E-state index contributed by atoms with van der Waals surface area (Å²) in [6.45, 7) is 12.6. The Morgan fingerprint density at radius 2 is 0.776 bits per heavy atom. The first kappa shape index (κ1) is 58.1. The molecule has 0 aromatic rings. The molecule has 0 aliphatic rings. The summed E-state index contributed by atoms with van der Waals surface area (Å²) >= 11 is 0. The van der Waals surface area contributed by atoms with Crippen LogP contribution in [-0.2, 0) is 71.6 Å². The summed E-state index contributed by atoms with van der Waals surface area (Å²) in [5.41, 5.74) is 10.3. The summed E-state index contributed by atoms with van der Waals surface area (Å²) in [7, 11) is 0. The van der Waals surface area contributed by atoms with Crippen LogP contribution in [0.25, 0.3) is 0 Å². The van der Waals surface area contributed by atoms with E-state index < -0.39 is 36.8 Å². The number of esters is 6. The number of Topliss-reactive ketones (excluding diaryl/α,β-unsaturated/α-hetero) is 3. The highest BCUT2D eigenvalue weighted by molar-refractivity contribution is 5.85. The molecule has 0 aromatic heterocycles. The van der Waals surface area contributed by atoms with E-state index in [4.69, 9.17) is 39.9 Å². The van der Waals surface area contributed by atoms with Crippen molar-refractivity contribution in [1.29, 1.82) is 0 Å². The second-order valence-corrected chi connectivity index (χ2v) is 13.1. The molecule has 58 heavy (non-hydrogen) atoms. The fourth-order valence-electron chi connectivity index (χ4n) is 4.29. The molecule has 0 aromatic carbocycles. The Hall–Kier alpha value is -4.25. The van der Waals surface area contributed by atoms with Crippen LogP contribution in [0.3, 0.4) is 0 Å². The van der Waals surface area contributed by atoms with Crippen LogP contribution in [0.4, 0.5) is 0 Å². The average molecular weight is 833 g/mol. The molecule has 0 rings (SSSR count). The maximum Gasteiger partial charge on any atom is 0.309 e. The lowest BCUT2D eigenvalue weighted by Gasteiger charge is -2.17. The Labute approximate surface area is 344 Å². The molecule has 0 saturated heterocycles. The number of unbranched alkanes of at least 4 members (excludes halogenated alkanes) is 4. The normalized spacial score (nSPS) is 11.7. The van der Waals surface area contributed by atoms with Crippen molar-refractivity contribution in [3.05, 3.63) is 0 Å².